The molecule has 0 radical (unpaired) electrons. The average Bonchev–Trinajstić information content (AvgIpc) is 2.33. The molecule has 2 unspecified atom stereocenters. The van der Waals surface area contributed by atoms with E-state index in [-0.39, 0.29) is 0 Å². The minimum atomic E-state index is 0.466. The Labute approximate surface area is 108 Å². The lowest BCUT2D eigenvalue weighted by Crippen LogP contribution is -2.47. The third-order valence-corrected chi connectivity index (χ3v) is 3.39. The van der Waals surface area contributed by atoms with Crippen molar-refractivity contribution in [3.63, 3.8) is 0 Å². The zero-order chi connectivity index (χ0) is 13.1. The van der Waals surface area contributed by atoms with Crippen molar-refractivity contribution in [3.05, 3.63) is 0 Å². The minimum Gasteiger partial charge on any atom is -0.384 e. The molecular formula is C14H32N2O. The summed E-state index contributed by atoms with van der Waals surface area (Å²) in [4.78, 5) is 2.57. The van der Waals surface area contributed by atoms with Crippen LogP contribution in [0.1, 0.15) is 46.5 Å². The van der Waals surface area contributed by atoms with Crippen molar-refractivity contribution in [3.8, 4) is 0 Å². The van der Waals surface area contributed by atoms with E-state index >= 15 is 0 Å². The highest BCUT2D eigenvalue weighted by atomic mass is 16.5. The number of methoxy groups -OCH3 is 1. The number of ether oxygens (including phenoxy) is 1. The smallest absolute Gasteiger partial charge is 0.0503 e. The second-order valence-electron chi connectivity index (χ2n) is 4.98. The molecule has 17 heavy (non-hydrogen) atoms. The van der Waals surface area contributed by atoms with Crippen molar-refractivity contribution in [1.82, 2.24) is 4.90 Å². The van der Waals surface area contributed by atoms with Crippen LogP contribution in [0.15, 0.2) is 0 Å². The summed E-state index contributed by atoms with van der Waals surface area (Å²) in [5.74, 6) is 0.513. The molecule has 2 N–H and O–H groups in total. The standard InChI is InChI=1S/C14H32N2O/c1-5-7-9-16(10-8-6-2)14(11-15)13(3)12-17-4/h13-14H,5-12,15H2,1-4H3. The van der Waals surface area contributed by atoms with Gasteiger partial charge in [0.1, 0.15) is 0 Å². The van der Waals surface area contributed by atoms with E-state index in [1.807, 2.05) is 0 Å². The molecule has 0 aromatic heterocycles. The highest BCUT2D eigenvalue weighted by Gasteiger charge is 2.22. The van der Waals surface area contributed by atoms with Gasteiger partial charge in [-0.3, -0.25) is 4.90 Å². The van der Waals surface area contributed by atoms with Crippen LogP contribution >= 0.6 is 0 Å². The molecule has 0 heterocycles. The third kappa shape index (κ3) is 7.02. The summed E-state index contributed by atoms with van der Waals surface area (Å²) >= 11 is 0. The Hall–Kier alpha value is -0.120. The van der Waals surface area contributed by atoms with Crippen molar-refractivity contribution in [1.29, 1.82) is 0 Å². The lowest BCUT2D eigenvalue weighted by atomic mass is 10.0. The first-order chi connectivity index (χ1) is 8.21. The summed E-state index contributed by atoms with van der Waals surface area (Å²) in [6.45, 7) is 10.6. The molecule has 0 aliphatic carbocycles. The number of rotatable bonds is 11. The van der Waals surface area contributed by atoms with Crippen molar-refractivity contribution < 1.29 is 4.74 Å². The largest absolute Gasteiger partial charge is 0.384 e. The average molecular weight is 244 g/mol. The Morgan fingerprint density at radius 1 is 1.12 bits per heavy atom. The summed E-state index contributed by atoms with van der Waals surface area (Å²) in [5.41, 5.74) is 5.95. The van der Waals surface area contributed by atoms with Gasteiger partial charge in [0.25, 0.3) is 0 Å². The van der Waals surface area contributed by atoms with Gasteiger partial charge in [0.15, 0.2) is 0 Å². The molecule has 0 aromatic carbocycles. The van der Waals surface area contributed by atoms with Gasteiger partial charge in [0.2, 0.25) is 0 Å². The van der Waals surface area contributed by atoms with E-state index < -0.39 is 0 Å². The first kappa shape index (κ1) is 16.9. The van der Waals surface area contributed by atoms with Crippen LogP contribution in [0.4, 0.5) is 0 Å². The zero-order valence-corrected chi connectivity index (χ0v) is 12.2. The van der Waals surface area contributed by atoms with Crippen LogP contribution in [0.5, 0.6) is 0 Å². The Morgan fingerprint density at radius 3 is 2.00 bits per heavy atom. The Bertz CT molecular complexity index is 156. The fraction of sp³-hybridized carbons (Fsp3) is 1.00. The summed E-state index contributed by atoms with van der Waals surface area (Å²) in [5, 5.41) is 0. The van der Waals surface area contributed by atoms with E-state index in [9.17, 15) is 0 Å². The van der Waals surface area contributed by atoms with Gasteiger partial charge in [-0.15, -0.1) is 0 Å². The van der Waals surface area contributed by atoms with Crippen molar-refractivity contribution in [2.24, 2.45) is 11.7 Å². The second kappa shape index (κ2) is 11.0. The molecule has 2 atom stereocenters. The fourth-order valence-corrected chi connectivity index (χ4v) is 2.28. The van der Waals surface area contributed by atoms with Gasteiger partial charge in [-0.25, -0.2) is 0 Å². The lowest BCUT2D eigenvalue weighted by molar-refractivity contribution is 0.0830. The summed E-state index contributed by atoms with van der Waals surface area (Å²) in [6, 6.07) is 0.466. The van der Waals surface area contributed by atoms with Crippen molar-refractivity contribution in [2.45, 2.75) is 52.5 Å². The van der Waals surface area contributed by atoms with Gasteiger partial charge in [0, 0.05) is 19.7 Å². The predicted molar refractivity (Wildman–Crippen MR) is 75.3 cm³/mol. The number of nitrogens with zero attached hydrogens (tertiary/aromatic N) is 1. The maximum absolute atomic E-state index is 5.95. The van der Waals surface area contributed by atoms with Crippen molar-refractivity contribution >= 4 is 0 Å². The highest BCUT2D eigenvalue weighted by Crippen LogP contribution is 2.13. The van der Waals surface area contributed by atoms with Crippen LogP contribution in [-0.2, 0) is 4.74 Å². The molecule has 0 saturated carbocycles. The highest BCUT2D eigenvalue weighted by molar-refractivity contribution is 4.78. The number of hydrogen-bond acceptors (Lipinski definition) is 3. The lowest BCUT2D eigenvalue weighted by Gasteiger charge is -2.34. The third-order valence-electron chi connectivity index (χ3n) is 3.39. The monoisotopic (exact) mass is 244 g/mol. The molecule has 0 aliphatic heterocycles. The molecule has 0 aromatic rings. The van der Waals surface area contributed by atoms with E-state index in [2.05, 4.69) is 25.7 Å². The van der Waals surface area contributed by atoms with Crippen molar-refractivity contribution in [2.75, 3.05) is 33.4 Å². The van der Waals surface area contributed by atoms with Gasteiger partial charge in [0.05, 0.1) is 6.61 Å². The molecule has 104 valence electrons. The summed E-state index contributed by atoms with van der Waals surface area (Å²) in [7, 11) is 1.77. The van der Waals surface area contributed by atoms with E-state index in [0.29, 0.717) is 12.0 Å². The fourth-order valence-electron chi connectivity index (χ4n) is 2.28. The van der Waals surface area contributed by atoms with Gasteiger partial charge >= 0.3 is 0 Å². The maximum Gasteiger partial charge on any atom is 0.0503 e. The normalized spacial score (nSPS) is 15.2. The number of hydrogen-bond donors (Lipinski definition) is 1. The molecule has 0 spiro atoms. The van der Waals surface area contributed by atoms with Crippen LogP contribution < -0.4 is 5.73 Å². The van der Waals surface area contributed by atoms with Gasteiger partial charge in [-0.2, -0.15) is 0 Å². The molecule has 0 saturated heterocycles. The van der Waals surface area contributed by atoms with Crippen LogP contribution in [0.25, 0.3) is 0 Å². The van der Waals surface area contributed by atoms with Crippen LogP contribution in [0.2, 0.25) is 0 Å². The van der Waals surface area contributed by atoms with Crippen LogP contribution in [0.3, 0.4) is 0 Å². The second-order valence-corrected chi connectivity index (χ2v) is 4.98. The molecule has 3 heteroatoms. The quantitative estimate of drug-likeness (QED) is 0.607. The minimum absolute atomic E-state index is 0.466. The van der Waals surface area contributed by atoms with E-state index in [1.54, 1.807) is 7.11 Å². The molecular weight excluding hydrogens is 212 g/mol. The first-order valence-electron chi connectivity index (χ1n) is 7.14. The van der Waals surface area contributed by atoms with Gasteiger partial charge in [-0.1, -0.05) is 33.6 Å². The maximum atomic E-state index is 5.95. The van der Waals surface area contributed by atoms with Gasteiger partial charge in [-0.05, 0) is 31.8 Å². The van der Waals surface area contributed by atoms with Crippen LogP contribution in [0, 0.1) is 5.92 Å². The number of unbranched alkanes of at least 4 members (excludes halogenated alkanes) is 2. The van der Waals surface area contributed by atoms with E-state index in [4.69, 9.17) is 10.5 Å². The summed E-state index contributed by atoms with van der Waals surface area (Å²) < 4.78 is 5.26. The molecule has 3 nitrogen and oxygen atoms in total. The van der Waals surface area contributed by atoms with Crippen LogP contribution in [-0.4, -0.2) is 44.3 Å². The van der Waals surface area contributed by atoms with Gasteiger partial charge < -0.3 is 10.5 Å². The summed E-state index contributed by atoms with van der Waals surface area (Å²) in [6.07, 6.45) is 5.02. The Kier molecular flexibility index (Phi) is 10.9. The molecule has 0 bridgehead atoms. The zero-order valence-electron chi connectivity index (χ0n) is 12.2. The SMILES string of the molecule is CCCCN(CCCC)C(CN)C(C)COC. The van der Waals surface area contributed by atoms with E-state index in [1.165, 1.54) is 38.8 Å². The molecule has 0 aliphatic rings. The molecule has 0 amide bonds. The first-order valence-corrected chi connectivity index (χ1v) is 7.14. The Morgan fingerprint density at radius 2 is 1.65 bits per heavy atom. The predicted octanol–water partition coefficient (Wildman–Crippen LogP) is 2.50. The molecule has 0 rings (SSSR count). The van der Waals surface area contributed by atoms with E-state index in [0.717, 1.165) is 13.2 Å². The Balaban J connectivity index is 4.35. The topological polar surface area (TPSA) is 38.5 Å². The number of nitrogens with two attached hydrogens (primary N) is 1. The molecule has 0 fully saturated rings.